The highest BCUT2D eigenvalue weighted by molar-refractivity contribution is 5.79. The predicted molar refractivity (Wildman–Crippen MR) is 113 cm³/mol. The van der Waals surface area contributed by atoms with Gasteiger partial charge in [0.2, 0.25) is 0 Å². The molecule has 1 heterocycles. The summed E-state index contributed by atoms with van der Waals surface area (Å²) in [7, 11) is 0. The van der Waals surface area contributed by atoms with Gasteiger partial charge in [-0.15, -0.1) is 0 Å². The number of nitrogens with one attached hydrogen (secondary N) is 2. The maximum absolute atomic E-state index is 9.29. The van der Waals surface area contributed by atoms with Crippen LogP contribution in [0.1, 0.15) is 60.3 Å². The summed E-state index contributed by atoms with van der Waals surface area (Å²) in [6, 6.07) is 0. The number of piperidine rings is 1. The second kappa shape index (κ2) is 13.4. The number of aliphatic hydroxyl groups excluding tert-OH is 1. The van der Waals surface area contributed by atoms with Gasteiger partial charge in [0.1, 0.15) is 0 Å². The number of rotatable bonds is 11. The van der Waals surface area contributed by atoms with Crippen LogP contribution in [0.2, 0.25) is 0 Å². The number of hydrogen-bond acceptors (Lipinski definition) is 3. The van der Waals surface area contributed by atoms with E-state index in [0.717, 1.165) is 44.4 Å². The molecule has 5 heteroatoms. The van der Waals surface area contributed by atoms with Crippen LogP contribution in [0.15, 0.2) is 4.99 Å². The summed E-state index contributed by atoms with van der Waals surface area (Å²) < 4.78 is 0. The summed E-state index contributed by atoms with van der Waals surface area (Å²) in [5.74, 6) is 3.48. The smallest absolute Gasteiger partial charge is 0.191 e. The van der Waals surface area contributed by atoms with Crippen LogP contribution in [0.5, 0.6) is 0 Å². The first-order valence-corrected chi connectivity index (χ1v) is 10.8. The molecule has 1 fully saturated rings. The molecule has 0 bridgehead atoms. The van der Waals surface area contributed by atoms with Crippen molar-refractivity contribution in [3.05, 3.63) is 0 Å². The third-order valence-corrected chi connectivity index (χ3v) is 4.98. The van der Waals surface area contributed by atoms with Crippen LogP contribution in [0, 0.1) is 23.7 Å². The van der Waals surface area contributed by atoms with Crippen molar-refractivity contribution in [1.82, 2.24) is 15.5 Å². The number of likely N-dealkylation sites (tertiary alicyclic amines) is 1. The molecule has 2 atom stereocenters. The van der Waals surface area contributed by atoms with Crippen molar-refractivity contribution in [2.75, 3.05) is 45.9 Å². The zero-order valence-corrected chi connectivity index (χ0v) is 17.9. The highest BCUT2D eigenvalue weighted by Crippen LogP contribution is 2.17. The molecule has 3 N–H and O–H groups in total. The molecule has 154 valence electrons. The second-order valence-electron chi connectivity index (χ2n) is 8.77. The number of guanidine groups is 1. The molecule has 2 unspecified atom stereocenters. The van der Waals surface area contributed by atoms with Crippen LogP contribution in [0.4, 0.5) is 0 Å². The third-order valence-electron chi connectivity index (χ3n) is 4.98. The van der Waals surface area contributed by atoms with E-state index >= 15 is 0 Å². The van der Waals surface area contributed by atoms with E-state index in [1.807, 2.05) is 0 Å². The van der Waals surface area contributed by atoms with Gasteiger partial charge in [0, 0.05) is 39.3 Å². The Bertz CT molecular complexity index is 384. The van der Waals surface area contributed by atoms with Crippen molar-refractivity contribution in [2.45, 2.75) is 60.3 Å². The normalized spacial score (nSPS) is 20.6. The Morgan fingerprint density at radius 3 is 2.58 bits per heavy atom. The highest BCUT2D eigenvalue weighted by atomic mass is 16.3. The molecule has 1 aliphatic rings. The van der Waals surface area contributed by atoms with Crippen molar-refractivity contribution in [3.8, 4) is 0 Å². The van der Waals surface area contributed by atoms with Gasteiger partial charge in [-0.25, -0.2) is 0 Å². The molecule has 0 aliphatic carbocycles. The van der Waals surface area contributed by atoms with Crippen molar-refractivity contribution in [3.63, 3.8) is 0 Å². The summed E-state index contributed by atoms with van der Waals surface area (Å²) in [5.41, 5.74) is 0. The van der Waals surface area contributed by atoms with Gasteiger partial charge in [-0.2, -0.15) is 0 Å². The van der Waals surface area contributed by atoms with Gasteiger partial charge in [-0.1, -0.05) is 27.7 Å². The molecule has 5 nitrogen and oxygen atoms in total. The minimum atomic E-state index is 0.255. The molecule has 0 aromatic rings. The second-order valence-corrected chi connectivity index (χ2v) is 8.77. The first kappa shape index (κ1) is 23.2. The van der Waals surface area contributed by atoms with E-state index in [4.69, 9.17) is 4.99 Å². The Hall–Kier alpha value is -0.810. The summed E-state index contributed by atoms with van der Waals surface area (Å²) in [6.45, 7) is 17.8. The van der Waals surface area contributed by atoms with Crippen molar-refractivity contribution in [2.24, 2.45) is 28.7 Å². The van der Waals surface area contributed by atoms with E-state index < -0.39 is 0 Å². The molecular weight excluding hydrogens is 324 g/mol. The molecule has 1 saturated heterocycles. The fraction of sp³-hybridized carbons (Fsp3) is 0.952. The third kappa shape index (κ3) is 10.4. The molecule has 0 amide bonds. The molecule has 0 radical (unpaired) electrons. The first-order valence-electron chi connectivity index (χ1n) is 10.8. The monoisotopic (exact) mass is 368 g/mol. The van der Waals surface area contributed by atoms with Crippen molar-refractivity contribution >= 4 is 5.96 Å². The van der Waals surface area contributed by atoms with Gasteiger partial charge >= 0.3 is 0 Å². The van der Waals surface area contributed by atoms with Gasteiger partial charge in [0.15, 0.2) is 5.96 Å². The van der Waals surface area contributed by atoms with Crippen molar-refractivity contribution in [1.29, 1.82) is 0 Å². The van der Waals surface area contributed by atoms with Crippen molar-refractivity contribution < 1.29 is 5.11 Å². The van der Waals surface area contributed by atoms with Gasteiger partial charge in [0.25, 0.3) is 0 Å². The lowest BCUT2D eigenvalue weighted by Crippen LogP contribution is -2.45. The van der Waals surface area contributed by atoms with Gasteiger partial charge in [-0.3, -0.25) is 4.99 Å². The Kier molecular flexibility index (Phi) is 11.9. The molecule has 1 rings (SSSR count). The number of aliphatic imine (C=N–C) groups is 1. The first-order chi connectivity index (χ1) is 12.4. The Balaban J connectivity index is 2.50. The summed E-state index contributed by atoms with van der Waals surface area (Å²) >= 11 is 0. The standard InChI is InChI=1S/C21H44N4O/c1-6-22-21(23-13-19(9-11-26)12-17(2)3)24-14-20-8-7-10-25(16-20)15-18(4)5/h17-20,26H,6-16H2,1-5H3,(H2,22,23,24). The molecular formula is C21H44N4O. The Labute approximate surface area is 162 Å². The topological polar surface area (TPSA) is 59.9 Å². The number of hydrogen-bond donors (Lipinski definition) is 3. The highest BCUT2D eigenvalue weighted by Gasteiger charge is 2.20. The van der Waals surface area contributed by atoms with E-state index in [-0.39, 0.29) is 6.61 Å². The van der Waals surface area contributed by atoms with Crippen LogP contribution in [-0.4, -0.2) is 61.8 Å². The Morgan fingerprint density at radius 2 is 1.96 bits per heavy atom. The molecule has 1 aliphatic heterocycles. The average molecular weight is 369 g/mol. The maximum Gasteiger partial charge on any atom is 0.191 e. The van der Waals surface area contributed by atoms with E-state index in [2.05, 4.69) is 50.2 Å². The minimum absolute atomic E-state index is 0.255. The SMILES string of the molecule is CCNC(=NCC(CCO)CC(C)C)NCC1CCCN(CC(C)C)C1. The summed E-state index contributed by atoms with van der Waals surface area (Å²) in [4.78, 5) is 7.42. The molecule has 0 spiro atoms. The quantitative estimate of drug-likeness (QED) is 0.388. The van der Waals surface area contributed by atoms with Crippen LogP contribution >= 0.6 is 0 Å². The maximum atomic E-state index is 9.29. The summed E-state index contributed by atoms with van der Waals surface area (Å²) in [5, 5.41) is 16.2. The zero-order valence-electron chi connectivity index (χ0n) is 17.9. The molecule has 0 aromatic heterocycles. The van der Waals surface area contributed by atoms with E-state index in [0.29, 0.717) is 17.8 Å². The van der Waals surface area contributed by atoms with Crippen LogP contribution in [0.3, 0.4) is 0 Å². The lowest BCUT2D eigenvalue weighted by atomic mass is 9.94. The number of nitrogens with zero attached hydrogens (tertiary/aromatic N) is 2. The number of aliphatic hydroxyl groups is 1. The zero-order chi connectivity index (χ0) is 19.4. The van der Waals surface area contributed by atoms with Crippen LogP contribution in [0.25, 0.3) is 0 Å². The molecule has 0 aromatic carbocycles. The van der Waals surface area contributed by atoms with Gasteiger partial charge < -0.3 is 20.6 Å². The van der Waals surface area contributed by atoms with E-state index in [1.54, 1.807) is 0 Å². The van der Waals surface area contributed by atoms with Gasteiger partial charge in [0.05, 0.1) is 0 Å². The summed E-state index contributed by atoms with van der Waals surface area (Å²) in [6.07, 6.45) is 4.57. The van der Waals surface area contributed by atoms with Crippen LogP contribution < -0.4 is 10.6 Å². The average Bonchev–Trinajstić information content (AvgIpc) is 2.56. The predicted octanol–water partition coefficient (Wildman–Crippen LogP) is 2.95. The van der Waals surface area contributed by atoms with E-state index in [1.165, 1.54) is 32.5 Å². The largest absolute Gasteiger partial charge is 0.396 e. The van der Waals surface area contributed by atoms with Gasteiger partial charge in [-0.05, 0) is 62.8 Å². The lowest BCUT2D eigenvalue weighted by molar-refractivity contribution is 0.159. The fourth-order valence-corrected chi connectivity index (χ4v) is 3.94. The molecule has 0 saturated carbocycles. The fourth-order valence-electron chi connectivity index (χ4n) is 3.94. The minimum Gasteiger partial charge on any atom is -0.396 e. The lowest BCUT2D eigenvalue weighted by Gasteiger charge is -2.34. The molecule has 26 heavy (non-hydrogen) atoms. The van der Waals surface area contributed by atoms with Crippen LogP contribution in [-0.2, 0) is 0 Å². The Morgan fingerprint density at radius 1 is 1.19 bits per heavy atom. The van der Waals surface area contributed by atoms with E-state index in [9.17, 15) is 5.11 Å².